The van der Waals surface area contributed by atoms with Crippen molar-refractivity contribution in [3.63, 3.8) is 0 Å². The zero-order valence-electron chi connectivity index (χ0n) is 17.1. The van der Waals surface area contributed by atoms with E-state index >= 15 is 0 Å². The Balaban J connectivity index is 1.52. The van der Waals surface area contributed by atoms with Gasteiger partial charge in [-0.1, -0.05) is 6.07 Å². The number of nitrogens with zero attached hydrogens (tertiary/aromatic N) is 5. The van der Waals surface area contributed by atoms with Gasteiger partial charge in [0.15, 0.2) is 5.82 Å². The van der Waals surface area contributed by atoms with Crippen LogP contribution in [0, 0.1) is 0 Å². The van der Waals surface area contributed by atoms with Crippen molar-refractivity contribution in [3.05, 3.63) is 41.6 Å². The highest BCUT2D eigenvalue weighted by Gasteiger charge is 2.31. The van der Waals surface area contributed by atoms with Gasteiger partial charge in [-0.25, -0.2) is 9.97 Å². The minimum atomic E-state index is -0.190. The maximum Gasteiger partial charge on any atom is 0.290 e. The predicted molar refractivity (Wildman–Crippen MR) is 110 cm³/mol. The second-order valence-corrected chi connectivity index (χ2v) is 7.93. The Hall–Kier alpha value is -2.90. The summed E-state index contributed by atoms with van der Waals surface area (Å²) in [5.41, 5.74) is 1.30. The van der Waals surface area contributed by atoms with E-state index in [4.69, 9.17) is 0 Å². The van der Waals surface area contributed by atoms with E-state index in [0.29, 0.717) is 24.6 Å². The molecule has 4 heterocycles. The van der Waals surface area contributed by atoms with E-state index in [1.54, 1.807) is 6.20 Å². The number of anilines is 1. The molecule has 1 saturated heterocycles. The third-order valence-electron chi connectivity index (χ3n) is 5.48. The first-order chi connectivity index (χ1) is 14.0. The molecule has 2 aliphatic heterocycles. The van der Waals surface area contributed by atoms with Crippen LogP contribution in [0.1, 0.15) is 53.5 Å². The number of hydrogen-bond acceptors (Lipinski definition) is 5. The van der Waals surface area contributed by atoms with Gasteiger partial charge < -0.3 is 19.7 Å². The maximum atomic E-state index is 13.2. The van der Waals surface area contributed by atoms with E-state index < -0.39 is 0 Å². The fourth-order valence-electron chi connectivity index (χ4n) is 4.04. The Bertz CT molecular complexity index is 884. The number of rotatable bonds is 4. The molecule has 2 aromatic rings. The van der Waals surface area contributed by atoms with Crippen LogP contribution in [0.5, 0.6) is 0 Å². The van der Waals surface area contributed by atoms with Crippen LogP contribution in [-0.4, -0.2) is 63.5 Å². The summed E-state index contributed by atoms with van der Waals surface area (Å²) in [7, 11) is 0. The van der Waals surface area contributed by atoms with E-state index in [1.165, 1.54) is 0 Å². The Morgan fingerprint density at radius 1 is 1.07 bits per heavy atom. The van der Waals surface area contributed by atoms with Gasteiger partial charge >= 0.3 is 0 Å². The molecule has 1 fully saturated rings. The van der Waals surface area contributed by atoms with Gasteiger partial charge in [0.05, 0.1) is 5.69 Å². The van der Waals surface area contributed by atoms with Gasteiger partial charge in [-0.2, -0.15) is 0 Å². The van der Waals surface area contributed by atoms with Gasteiger partial charge in [-0.3, -0.25) is 9.59 Å². The smallest absolute Gasteiger partial charge is 0.290 e. The number of nitrogens with one attached hydrogen (secondary N) is 1. The number of fused-ring (bicyclic) bond motifs is 1. The molecule has 2 aliphatic rings. The van der Waals surface area contributed by atoms with Gasteiger partial charge in [-0.05, 0) is 45.2 Å². The van der Waals surface area contributed by atoms with Crippen LogP contribution in [0.2, 0.25) is 0 Å². The fourth-order valence-corrected chi connectivity index (χ4v) is 4.04. The van der Waals surface area contributed by atoms with Crippen molar-refractivity contribution in [2.45, 2.75) is 45.7 Å². The molecule has 0 bridgehead atoms. The summed E-state index contributed by atoms with van der Waals surface area (Å²) in [6, 6.07) is 5.89. The van der Waals surface area contributed by atoms with E-state index in [9.17, 15) is 9.59 Å². The molecule has 0 spiro atoms. The predicted octanol–water partition coefficient (Wildman–Crippen LogP) is 1.71. The molecule has 29 heavy (non-hydrogen) atoms. The summed E-state index contributed by atoms with van der Waals surface area (Å²) < 4.78 is 1.96. The Morgan fingerprint density at radius 3 is 2.55 bits per heavy atom. The largest absolute Gasteiger partial charge is 0.353 e. The number of piperazine rings is 1. The topological polar surface area (TPSA) is 83.4 Å². The number of pyridine rings is 1. The first kappa shape index (κ1) is 19.4. The van der Waals surface area contributed by atoms with Crippen molar-refractivity contribution in [1.82, 2.24) is 24.8 Å². The second-order valence-electron chi connectivity index (χ2n) is 7.93. The normalized spacial score (nSPS) is 16.7. The van der Waals surface area contributed by atoms with Crippen LogP contribution in [0.3, 0.4) is 0 Å². The average Bonchev–Trinajstić information content (AvgIpc) is 3.13. The quantitative estimate of drug-likeness (QED) is 0.851. The van der Waals surface area contributed by atoms with Crippen molar-refractivity contribution in [2.75, 3.05) is 31.1 Å². The third-order valence-corrected chi connectivity index (χ3v) is 5.48. The van der Waals surface area contributed by atoms with Crippen molar-refractivity contribution in [1.29, 1.82) is 0 Å². The molecule has 0 unspecified atom stereocenters. The van der Waals surface area contributed by atoms with Crippen LogP contribution < -0.4 is 10.2 Å². The molecule has 0 aliphatic carbocycles. The van der Waals surface area contributed by atoms with Gasteiger partial charge in [0.1, 0.15) is 11.5 Å². The average molecular weight is 396 g/mol. The number of carbonyl (C=O) groups is 2. The van der Waals surface area contributed by atoms with Crippen LogP contribution in [0.25, 0.3) is 0 Å². The molecule has 2 amide bonds. The van der Waals surface area contributed by atoms with E-state index in [0.717, 1.165) is 50.4 Å². The lowest BCUT2D eigenvalue weighted by Gasteiger charge is -2.35. The van der Waals surface area contributed by atoms with Crippen molar-refractivity contribution in [2.24, 2.45) is 0 Å². The van der Waals surface area contributed by atoms with Crippen molar-refractivity contribution < 1.29 is 9.59 Å². The summed E-state index contributed by atoms with van der Waals surface area (Å²) >= 11 is 0. The minimum absolute atomic E-state index is 0.0299. The SMILES string of the molecule is CC(C)NC(=O)c1nc(C(=O)N2CCN(c3ccccn3)CC2)n2c1CCCC2. The maximum absolute atomic E-state index is 13.2. The molecule has 8 nitrogen and oxygen atoms in total. The number of carbonyl (C=O) groups excluding carboxylic acids is 2. The van der Waals surface area contributed by atoms with Gasteiger partial charge in [0.25, 0.3) is 11.8 Å². The first-order valence-electron chi connectivity index (χ1n) is 10.4. The number of imidazole rings is 1. The zero-order chi connectivity index (χ0) is 20.4. The van der Waals surface area contributed by atoms with E-state index in [2.05, 4.69) is 20.2 Å². The highest BCUT2D eigenvalue weighted by atomic mass is 16.2. The molecule has 2 aromatic heterocycles. The van der Waals surface area contributed by atoms with E-state index in [-0.39, 0.29) is 17.9 Å². The number of aromatic nitrogens is 3. The number of hydrogen-bond donors (Lipinski definition) is 1. The third kappa shape index (κ3) is 3.97. The standard InChI is InChI=1S/C21H28N6O2/c1-15(2)23-20(28)18-16-7-4-6-10-27(16)19(24-18)21(29)26-13-11-25(12-14-26)17-8-3-5-9-22-17/h3,5,8-9,15H,4,6-7,10-14H2,1-2H3,(H,23,28). The van der Waals surface area contributed by atoms with Gasteiger partial charge in [0, 0.05) is 45.0 Å². The monoisotopic (exact) mass is 396 g/mol. The highest BCUT2D eigenvalue weighted by Crippen LogP contribution is 2.23. The van der Waals surface area contributed by atoms with Crippen LogP contribution >= 0.6 is 0 Å². The Labute approximate surface area is 170 Å². The Morgan fingerprint density at radius 2 is 1.86 bits per heavy atom. The molecule has 154 valence electrons. The molecular formula is C21H28N6O2. The summed E-state index contributed by atoms with van der Waals surface area (Å²) in [4.78, 5) is 38.8. The lowest BCUT2D eigenvalue weighted by Crippen LogP contribution is -2.49. The molecular weight excluding hydrogens is 368 g/mol. The van der Waals surface area contributed by atoms with Gasteiger partial charge in [0.2, 0.25) is 0 Å². The minimum Gasteiger partial charge on any atom is -0.353 e. The lowest BCUT2D eigenvalue weighted by atomic mass is 10.1. The van der Waals surface area contributed by atoms with Crippen LogP contribution in [-0.2, 0) is 13.0 Å². The van der Waals surface area contributed by atoms with Crippen molar-refractivity contribution in [3.8, 4) is 0 Å². The van der Waals surface area contributed by atoms with E-state index in [1.807, 2.05) is 41.5 Å². The molecule has 0 aromatic carbocycles. The molecule has 0 atom stereocenters. The summed E-state index contributed by atoms with van der Waals surface area (Å²) in [5.74, 6) is 1.06. The van der Waals surface area contributed by atoms with Crippen molar-refractivity contribution >= 4 is 17.6 Å². The molecule has 8 heteroatoms. The summed E-state index contributed by atoms with van der Waals surface area (Å²) in [6.07, 6.45) is 4.59. The zero-order valence-corrected chi connectivity index (χ0v) is 17.1. The van der Waals surface area contributed by atoms with Gasteiger partial charge in [-0.15, -0.1) is 0 Å². The summed E-state index contributed by atoms with van der Waals surface area (Å²) in [6.45, 7) is 7.29. The molecule has 1 N–H and O–H groups in total. The fraction of sp³-hybridized carbons (Fsp3) is 0.524. The van der Waals surface area contributed by atoms with Crippen LogP contribution in [0.15, 0.2) is 24.4 Å². The second kappa shape index (κ2) is 8.23. The number of amides is 2. The highest BCUT2D eigenvalue weighted by molar-refractivity contribution is 5.97. The van der Waals surface area contributed by atoms with Crippen LogP contribution in [0.4, 0.5) is 5.82 Å². The molecule has 0 saturated carbocycles. The molecule has 0 radical (unpaired) electrons. The molecule has 4 rings (SSSR count). The Kier molecular flexibility index (Phi) is 5.51. The first-order valence-corrected chi connectivity index (χ1v) is 10.4. The summed E-state index contributed by atoms with van der Waals surface area (Å²) in [5, 5.41) is 2.91. The lowest BCUT2D eigenvalue weighted by molar-refractivity contribution is 0.0728.